The first-order valence-corrected chi connectivity index (χ1v) is 10.1. The fourth-order valence-corrected chi connectivity index (χ4v) is 5.10. The molecule has 2 aliphatic rings. The van der Waals surface area contributed by atoms with Crippen molar-refractivity contribution in [3.63, 3.8) is 0 Å². The number of benzene rings is 1. The Labute approximate surface area is 159 Å². The highest BCUT2D eigenvalue weighted by molar-refractivity contribution is 6.31. The van der Waals surface area contributed by atoms with Gasteiger partial charge in [-0.15, -0.1) is 0 Å². The van der Waals surface area contributed by atoms with Gasteiger partial charge in [-0.1, -0.05) is 48.9 Å². The van der Waals surface area contributed by atoms with Gasteiger partial charge in [0, 0.05) is 42.8 Å². The van der Waals surface area contributed by atoms with Crippen LogP contribution in [0.2, 0.25) is 5.02 Å². The smallest absolute Gasteiger partial charge is 0.140 e. The van der Waals surface area contributed by atoms with E-state index in [1.54, 1.807) is 6.20 Å². The average molecular weight is 366 g/mol. The largest absolute Gasteiger partial charge is 0.329 e. The molecular weight excluding hydrogens is 342 g/mol. The van der Waals surface area contributed by atoms with E-state index in [0.29, 0.717) is 12.0 Å². The molecule has 0 N–H and O–H groups in total. The van der Waals surface area contributed by atoms with Gasteiger partial charge in [-0.25, -0.2) is 4.98 Å². The lowest BCUT2D eigenvalue weighted by Crippen LogP contribution is -2.31. The molecule has 26 heavy (non-hydrogen) atoms. The van der Waals surface area contributed by atoms with Crippen LogP contribution >= 0.6 is 11.6 Å². The van der Waals surface area contributed by atoms with Crippen molar-refractivity contribution in [1.82, 2.24) is 14.5 Å². The molecule has 2 atom stereocenters. The molecule has 0 spiro atoms. The summed E-state index contributed by atoms with van der Waals surface area (Å²) < 4.78 is 2.48. The number of rotatable bonds is 3. The lowest BCUT2D eigenvalue weighted by molar-refractivity contribution is 0.241. The van der Waals surface area contributed by atoms with Crippen LogP contribution in [0.15, 0.2) is 42.6 Å². The highest BCUT2D eigenvalue weighted by atomic mass is 35.5. The molecule has 2 aliphatic heterocycles. The van der Waals surface area contributed by atoms with Gasteiger partial charge in [0.1, 0.15) is 5.65 Å². The van der Waals surface area contributed by atoms with Crippen molar-refractivity contribution in [2.45, 2.75) is 44.7 Å². The first-order chi connectivity index (χ1) is 12.7. The molecule has 3 aromatic rings. The lowest BCUT2D eigenvalue weighted by Gasteiger charge is -2.31. The summed E-state index contributed by atoms with van der Waals surface area (Å²) in [7, 11) is 0. The zero-order chi connectivity index (χ0) is 17.7. The fourth-order valence-electron chi connectivity index (χ4n) is 4.94. The molecule has 0 aliphatic carbocycles. The molecule has 0 saturated carbocycles. The Kier molecular flexibility index (Phi) is 4.02. The Balaban J connectivity index is 1.64. The summed E-state index contributed by atoms with van der Waals surface area (Å²) in [4.78, 5) is 7.41. The van der Waals surface area contributed by atoms with E-state index in [0.717, 1.165) is 23.6 Å². The van der Waals surface area contributed by atoms with Gasteiger partial charge in [-0.3, -0.25) is 4.90 Å². The molecule has 3 nitrogen and oxygen atoms in total. The van der Waals surface area contributed by atoms with Crippen LogP contribution in [0.1, 0.15) is 48.5 Å². The van der Waals surface area contributed by atoms with Crippen molar-refractivity contribution < 1.29 is 0 Å². The molecule has 2 aromatic heterocycles. The number of halogens is 1. The number of fused-ring (bicyclic) bond motifs is 5. The molecule has 1 aromatic carbocycles. The van der Waals surface area contributed by atoms with Crippen LogP contribution in [0.3, 0.4) is 0 Å². The summed E-state index contributed by atoms with van der Waals surface area (Å²) in [5.41, 5.74) is 5.48. The van der Waals surface area contributed by atoms with Crippen LogP contribution < -0.4 is 0 Å². The van der Waals surface area contributed by atoms with Crippen molar-refractivity contribution >= 4 is 22.6 Å². The summed E-state index contributed by atoms with van der Waals surface area (Å²) >= 11 is 6.33. The lowest BCUT2D eigenvalue weighted by atomic mass is 9.96. The van der Waals surface area contributed by atoms with Gasteiger partial charge in [0.05, 0.1) is 5.02 Å². The van der Waals surface area contributed by atoms with E-state index in [2.05, 4.69) is 52.8 Å². The van der Waals surface area contributed by atoms with Gasteiger partial charge in [0.2, 0.25) is 0 Å². The van der Waals surface area contributed by atoms with E-state index in [9.17, 15) is 0 Å². The molecule has 0 radical (unpaired) electrons. The van der Waals surface area contributed by atoms with Crippen molar-refractivity contribution in [3.8, 4) is 0 Å². The van der Waals surface area contributed by atoms with Gasteiger partial charge in [-0.05, 0) is 42.5 Å². The minimum atomic E-state index is 0.454. The van der Waals surface area contributed by atoms with E-state index < -0.39 is 0 Å². The highest BCUT2D eigenvalue weighted by Gasteiger charge is 2.35. The third-order valence-electron chi connectivity index (χ3n) is 6.17. The molecular formula is C22H24ClN3. The molecule has 1 saturated heterocycles. The second kappa shape index (κ2) is 6.40. The van der Waals surface area contributed by atoms with E-state index in [4.69, 9.17) is 16.6 Å². The van der Waals surface area contributed by atoms with E-state index >= 15 is 0 Å². The zero-order valence-corrected chi connectivity index (χ0v) is 15.9. The van der Waals surface area contributed by atoms with Crippen LogP contribution in [-0.2, 0) is 13.0 Å². The SMILES string of the molecule is CC(Cn1c2c(c3cc(Cl)cnc31)C1CCCN1CC2)c1ccccc1. The molecule has 4 heteroatoms. The number of hydrogen-bond acceptors (Lipinski definition) is 2. The van der Waals surface area contributed by atoms with Gasteiger partial charge in [-0.2, -0.15) is 0 Å². The van der Waals surface area contributed by atoms with Crippen LogP contribution in [0, 0.1) is 0 Å². The van der Waals surface area contributed by atoms with Crippen molar-refractivity contribution in [2.24, 2.45) is 0 Å². The Morgan fingerprint density at radius 2 is 2.08 bits per heavy atom. The van der Waals surface area contributed by atoms with Crippen LogP contribution in [-0.4, -0.2) is 27.5 Å². The molecule has 0 amide bonds. The Morgan fingerprint density at radius 1 is 1.23 bits per heavy atom. The predicted molar refractivity (Wildman–Crippen MR) is 107 cm³/mol. The number of hydrogen-bond donors (Lipinski definition) is 0. The van der Waals surface area contributed by atoms with Gasteiger partial charge in [0.25, 0.3) is 0 Å². The average Bonchev–Trinajstić information content (AvgIpc) is 3.25. The number of aromatic nitrogens is 2. The third kappa shape index (κ3) is 2.57. The Morgan fingerprint density at radius 3 is 2.92 bits per heavy atom. The molecule has 134 valence electrons. The summed E-state index contributed by atoms with van der Waals surface area (Å²) in [5.74, 6) is 0.454. The highest BCUT2D eigenvalue weighted by Crippen LogP contribution is 2.43. The molecule has 2 unspecified atom stereocenters. The van der Waals surface area contributed by atoms with Crippen molar-refractivity contribution in [1.29, 1.82) is 0 Å². The Hall–Kier alpha value is -1.84. The summed E-state index contributed by atoms with van der Waals surface area (Å²) in [6.07, 6.45) is 5.46. The van der Waals surface area contributed by atoms with Crippen molar-refractivity contribution in [2.75, 3.05) is 13.1 Å². The third-order valence-corrected chi connectivity index (χ3v) is 6.38. The summed E-state index contributed by atoms with van der Waals surface area (Å²) in [6.45, 7) is 5.68. The molecule has 5 rings (SSSR count). The maximum Gasteiger partial charge on any atom is 0.140 e. The Bertz CT molecular complexity index is 947. The normalized spacial score (nSPS) is 20.9. The van der Waals surface area contributed by atoms with Gasteiger partial charge in [0.15, 0.2) is 0 Å². The molecule has 4 heterocycles. The minimum Gasteiger partial charge on any atom is -0.329 e. The predicted octanol–water partition coefficient (Wildman–Crippen LogP) is 5.19. The maximum absolute atomic E-state index is 6.33. The van der Waals surface area contributed by atoms with E-state index in [-0.39, 0.29) is 0 Å². The van der Waals surface area contributed by atoms with Crippen LogP contribution in [0.4, 0.5) is 0 Å². The number of pyridine rings is 1. The van der Waals surface area contributed by atoms with E-state index in [1.165, 1.54) is 48.1 Å². The topological polar surface area (TPSA) is 21.1 Å². The van der Waals surface area contributed by atoms with Crippen LogP contribution in [0.5, 0.6) is 0 Å². The quantitative estimate of drug-likeness (QED) is 0.637. The molecule has 0 bridgehead atoms. The second-order valence-electron chi connectivity index (χ2n) is 7.75. The monoisotopic (exact) mass is 365 g/mol. The summed E-state index contributed by atoms with van der Waals surface area (Å²) in [5, 5.41) is 2.01. The standard InChI is InChI=1S/C22H24ClN3/c1-15(16-6-3-2-4-7-16)14-26-20-9-11-25-10-5-8-19(25)21(20)18-12-17(23)13-24-22(18)26/h2-4,6-7,12-13,15,19H,5,8-11,14H2,1H3. The van der Waals surface area contributed by atoms with Gasteiger partial charge < -0.3 is 4.57 Å². The first kappa shape index (κ1) is 16.3. The zero-order valence-electron chi connectivity index (χ0n) is 15.2. The molecule has 1 fully saturated rings. The summed E-state index contributed by atoms with van der Waals surface area (Å²) in [6, 6.07) is 13.5. The van der Waals surface area contributed by atoms with Crippen molar-refractivity contribution in [3.05, 3.63) is 64.4 Å². The second-order valence-corrected chi connectivity index (χ2v) is 8.19. The first-order valence-electron chi connectivity index (χ1n) is 9.68. The number of nitrogens with zero attached hydrogens (tertiary/aromatic N) is 3. The maximum atomic E-state index is 6.33. The van der Waals surface area contributed by atoms with Crippen LogP contribution in [0.25, 0.3) is 11.0 Å². The fraction of sp³-hybridized carbons (Fsp3) is 0.409. The van der Waals surface area contributed by atoms with Gasteiger partial charge >= 0.3 is 0 Å². The van der Waals surface area contributed by atoms with E-state index in [1.807, 2.05) is 0 Å². The minimum absolute atomic E-state index is 0.454.